The lowest BCUT2D eigenvalue weighted by Gasteiger charge is -2.34. The number of nitriles is 1. The number of aromatic nitrogens is 4. The lowest BCUT2D eigenvalue weighted by molar-refractivity contribution is -0.131. The highest BCUT2D eigenvalue weighted by Gasteiger charge is 2.54. The first-order valence-corrected chi connectivity index (χ1v) is 14.4. The first-order valence-electron chi connectivity index (χ1n) is 12.8. The molecular weight excluding hydrogens is 538 g/mol. The molecule has 4 heterocycles. The first kappa shape index (κ1) is 25.6. The molecule has 39 heavy (non-hydrogen) atoms. The number of thiophene rings is 2. The van der Waals surface area contributed by atoms with E-state index < -0.39 is 17.2 Å². The van der Waals surface area contributed by atoms with Gasteiger partial charge in [0, 0.05) is 21.8 Å². The summed E-state index contributed by atoms with van der Waals surface area (Å²) in [5, 5.41) is 28.1. The molecule has 3 amide bonds. The van der Waals surface area contributed by atoms with E-state index in [0.29, 0.717) is 40.8 Å². The van der Waals surface area contributed by atoms with Gasteiger partial charge in [0.15, 0.2) is 5.82 Å². The van der Waals surface area contributed by atoms with Crippen LogP contribution in [-0.2, 0) is 23.1 Å². The fourth-order valence-corrected chi connectivity index (χ4v) is 8.60. The first-order chi connectivity index (χ1) is 18.7. The molecule has 2 unspecified atom stereocenters. The molecule has 0 bridgehead atoms. The molecule has 0 spiro atoms. The highest BCUT2D eigenvalue weighted by Crippen LogP contribution is 2.51. The minimum atomic E-state index is -0.976. The van der Waals surface area contributed by atoms with Crippen LogP contribution in [-0.4, -0.2) is 67.9 Å². The normalized spacial score (nSPS) is 25.6. The van der Waals surface area contributed by atoms with E-state index in [1.165, 1.54) is 22.7 Å². The van der Waals surface area contributed by atoms with Gasteiger partial charge in [-0.15, -0.1) is 32.9 Å². The third kappa shape index (κ3) is 4.21. The Morgan fingerprint density at radius 1 is 1.23 bits per heavy atom. The minimum absolute atomic E-state index is 0.0811. The van der Waals surface area contributed by atoms with E-state index in [2.05, 4.69) is 32.0 Å². The molecular formula is C25H27N9O3S2. The molecule has 5 atom stereocenters. The number of fused-ring (bicyclic) bond motifs is 3. The molecule has 202 valence electrons. The number of nitrogens with two attached hydrogens (primary N) is 2. The summed E-state index contributed by atoms with van der Waals surface area (Å²) in [4.78, 5) is 41.9. The van der Waals surface area contributed by atoms with Crippen molar-refractivity contribution in [3.05, 3.63) is 48.6 Å². The second-order valence-electron chi connectivity index (χ2n) is 10.5. The van der Waals surface area contributed by atoms with Crippen molar-refractivity contribution in [2.45, 2.75) is 62.6 Å². The smallest absolute Gasteiger partial charge is 0.258 e. The number of carbonyl (C=O) groups excluding carboxylic acids is 3. The number of amides is 3. The molecule has 12 nitrogen and oxygen atoms in total. The van der Waals surface area contributed by atoms with Crippen molar-refractivity contribution in [1.82, 2.24) is 30.8 Å². The molecule has 2 aliphatic carbocycles. The summed E-state index contributed by atoms with van der Waals surface area (Å²) in [6.45, 7) is 2.05. The zero-order chi connectivity index (χ0) is 27.5. The number of nitrogens with one attached hydrogen (secondary N) is 2. The van der Waals surface area contributed by atoms with Gasteiger partial charge in [-0.2, -0.15) is 10.5 Å². The van der Waals surface area contributed by atoms with Crippen LogP contribution in [0.25, 0.3) is 0 Å². The van der Waals surface area contributed by atoms with Crippen LogP contribution in [0.2, 0.25) is 0 Å². The minimum Gasteiger partial charge on any atom is -0.365 e. The molecule has 2 fully saturated rings. The Bertz CT molecular complexity index is 1440. The highest BCUT2D eigenvalue weighted by molar-refractivity contribution is 7.15. The number of carbonyl (C=O) groups is 3. The van der Waals surface area contributed by atoms with Gasteiger partial charge in [-0.3, -0.25) is 14.4 Å². The molecule has 1 aliphatic heterocycles. The van der Waals surface area contributed by atoms with Gasteiger partial charge in [-0.05, 0) is 68.2 Å². The molecule has 3 aromatic rings. The summed E-state index contributed by atoms with van der Waals surface area (Å²) >= 11 is 2.64. The largest absolute Gasteiger partial charge is 0.365 e. The summed E-state index contributed by atoms with van der Waals surface area (Å²) in [6.07, 6.45) is 3.39. The molecule has 1 saturated heterocycles. The maximum absolute atomic E-state index is 13.1. The van der Waals surface area contributed by atoms with Gasteiger partial charge in [0.25, 0.3) is 11.8 Å². The van der Waals surface area contributed by atoms with Crippen LogP contribution in [0.15, 0.2) is 12.1 Å². The number of piperidine rings is 1. The van der Waals surface area contributed by atoms with Crippen LogP contribution < -0.4 is 16.8 Å². The predicted octanol–water partition coefficient (Wildman–Crippen LogP) is 0.835. The number of aryl methyl sites for hydroxylation is 2. The van der Waals surface area contributed by atoms with Crippen LogP contribution >= 0.6 is 22.7 Å². The molecule has 3 aliphatic rings. The second kappa shape index (κ2) is 9.51. The molecule has 1 saturated carbocycles. The Balaban J connectivity index is 1.38. The average Bonchev–Trinajstić information content (AvgIpc) is 3.42. The predicted molar refractivity (Wildman–Crippen MR) is 142 cm³/mol. The molecule has 6 rings (SSSR count). The topological polar surface area (TPSA) is 197 Å². The fourth-order valence-electron chi connectivity index (χ4n) is 6.24. The summed E-state index contributed by atoms with van der Waals surface area (Å²) in [5.41, 5.74) is 12.2. The van der Waals surface area contributed by atoms with Crippen molar-refractivity contribution in [2.75, 3.05) is 6.54 Å². The lowest BCUT2D eigenvalue weighted by Crippen LogP contribution is -2.46. The fraction of sp³-hybridized carbons (Fsp3) is 0.480. The third-order valence-corrected chi connectivity index (χ3v) is 10.6. The quantitative estimate of drug-likeness (QED) is 0.308. The van der Waals surface area contributed by atoms with Gasteiger partial charge < -0.3 is 21.7 Å². The number of primary amides is 2. The standard InChI is InChI=1S/C25H27N9O3S2/c1-11(29-10-20(35)34-14(9-26)4-13-5-16(13)34)8-25(24-30-32-33-31-24)15-7-19(23(28)37)38-17(15)3-2-12-6-18(22(27)36)39-21(12)25/h6-7,11,13-14,16,29H,2-5,8,10H2,1H3,(H2,27,36)(H2,28,37)(H,30,31,32,33)/t11-,13+,14?,16-,25?/m0/s1. The number of hydrogen-bond donors (Lipinski definition) is 4. The van der Waals surface area contributed by atoms with E-state index >= 15 is 0 Å². The van der Waals surface area contributed by atoms with Crippen molar-refractivity contribution in [2.24, 2.45) is 17.4 Å². The van der Waals surface area contributed by atoms with Gasteiger partial charge in [0.2, 0.25) is 5.91 Å². The Hall–Kier alpha value is -3.67. The van der Waals surface area contributed by atoms with Crippen LogP contribution in [0.5, 0.6) is 0 Å². The number of rotatable bonds is 8. The zero-order valence-corrected chi connectivity index (χ0v) is 22.8. The monoisotopic (exact) mass is 565 g/mol. The summed E-state index contributed by atoms with van der Waals surface area (Å²) in [5.74, 6) is -0.300. The number of hydrogen-bond acceptors (Lipinski definition) is 10. The van der Waals surface area contributed by atoms with E-state index in [4.69, 9.17) is 11.5 Å². The average molecular weight is 566 g/mol. The van der Waals surface area contributed by atoms with Crippen molar-refractivity contribution in [1.29, 1.82) is 5.26 Å². The van der Waals surface area contributed by atoms with Gasteiger partial charge in [-0.1, -0.05) is 5.21 Å². The van der Waals surface area contributed by atoms with E-state index in [1.807, 2.05) is 13.0 Å². The van der Waals surface area contributed by atoms with E-state index in [9.17, 15) is 19.6 Å². The van der Waals surface area contributed by atoms with Crippen LogP contribution in [0.4, 0.5) is 0 Å². The van der Waals surface area contributed by atoms with Gasteiger partial charge in [-0.25, -0.2) is 0 Å². The highest BCUT2D eigenvalue weighted by atomic mass is 32.1. The Kier molecular flexibility index (Phi) is 6.24. The zero-order valence-electron chi connectivity index (χ0n) is 21.1. The van der Waals surface area contributed by atoms with E-state index in [0.717, 1.165) is 33.7 Å². The maximum Gasteiger partial charge on any atom is 0.258 e. The summed E-state index contributed by atoms with van der Waals surface area (Å²) in [7, 11) is 0. The maximum atomic E-state index is 13.1. The van der Waals surface area contributed by atoms with Crippen LogP contribution in [0.3, 0.4) is 0 Å². The Morgan fingerprint density at radius 2 is 2.00 bits per heavy atom. The summed E-state index contributed by atoms with van der Waals surface area (Å²) in [6, 6.07) is 5.45. The Labute approximate surface area is 231 Å². The molecule has 14 heteroatoms. The number of tetrazole rings is 1. The second-order valence-corrected chi connectivity index (χ2v) is 12.7. The molecule has 0 radical (unpaired) electrons. The molecule has 6 N–H and O–H groups in total. The van der Waals surface area contributed by atoms with Crippen LogP contribution in [0.1, 0.15) is 72.2 Å². The van der Waals surface area contributed by atoms with E-state index in [1.54, 1.807) is 11.0 Å². The number of likely N-dealkylation sites (tertiary alicyclic amines) is 1. The van der Waals surface area contributed by atoms with Crippen molar-refractivity contribution in [3.8, 4) is 6.07 Å². The summed E-state index contributed by atoms with van der Waals surface area (Å²) < 4.78 is 0. The third-order valence-electron chi connectivity index (χ3n) is 8.06. The number of nitrogens with zero attached hydrogens (tertiary/aromatic N) is 5. The lowest BCUT2D eigenvalue weighted by atomic mass is 9.73. The van der Waals surface area contributed by atoms with Crippen LogP contribution in [0, 0.1) is 17.2 Å². The number of aromatic amines is 1. The van der Waals surface area contributed by atoms with Crippen molar-refractivity contribution in [3.63, 3.8) is 0 Å². The molecule has 0 aromatic carbocycles. The number of H-pyrrole nitrogens is 1. The van der Waals surface area contributed by atoms with Gasteiger partial charge in [0.1, 0.15) is 6.04 Å². The van der Waals surface area contributed by atoms with E-state index in [-0.39, 0.29) is 30.6 Å². The SMILES string of the molecule is C[C@@H](CC1(c2nn[nH]n2)c2cc(C(N)=O)sc2CCc2cc(C(N)=O)sc21)NCC(=O)N1C(C#N)C[C@@H]2C[C@@H]21. The molecule has 3 aromatic heterocycles. The van der Waals surface area contributed by atoms with Crippen molar-refractivity contribution < 1.29 is 14.4 Å². The Morgan fingerprint density at radius 3 is 2.69 bits per heavy atom. The van der Waals surface area contributed by atoms with Gasteiger partial charge in [0.05, 0.1) is 27.8 Å². The van der Waals surface area contributed by atoms with Crippen molar-refractivity contribution >= 4 is 40.4 Å². The van der Waals surface area contributed by atoms with Gasteiger partial charge >= 0.3 is 0 Å².